The van der Waals surface area contributed by atoms with Crippen LogP contribution >= 0.6 is 11.6 Å². The van der Waals surface area contributed by atoms with Crippen LogP contribution in [0.1, 0.15) is 71.6 Å². The van der Waals surface area contributed by atoms with Gasteiger partial charge in [0.25, 0.3) is 0 Å². The van der Waals surface area contributed by atoms with Gasteiger partial charge in [0, 0.05) is 19.3 Å². The van der Waals surface area contributed by atoms with Gasteiger partial charge in [0.1, 0.15) is 0 Å². The van der Waals surface area contributed by atoms with Gasteiger partial charge in [-0.25, -0.2) is 0 Å². The summed E-state index contributed by atoms with van der Waals surface area (Å²) < 4.78 is 10.1. The van der Waals surface area contributed by atoms with Crippen molar-refractivity contribution in [2.75, 3.05) is 0 Å². The summed E-state index contributed by atoms with van der Waals surface area (Å²) in [7, 11) is 0. The molecule has 6 heteroatoms. The first-order valence-electron chi connectivity index (χ1n) is 7.56. The van der Waals surface area contributed by atoms with Crippen LogP contribution in [0.4, 0.5) is 0 Å². The van der Waals surface area contributed by atoms with E-state index in [4.69, 9.17) is 21.1 Å². The van der Waals surface area contributed by atoms with Crippen molar-refractivity contribution >= 4 is 28.8 Å². The number of esters is 2. The number of carbonyl (C=O) groups is 3. The molecule has 0 rings (SSSR count). The number of hydrogen-bond acceptors (Lipinski definition) is 5. The van der Waals surface area contributed by atoms with E-state index >= 15 is 0 Å². The lowest BCUT2D eigenvalue weighted by Crippen LogP contribution is -2.24. The highest BCUT2D eigenvalue weighted by molar-refractivity contribution is 6.63. The molecule has 21 heavy (non-hydrogen) atoms. The minimum Gasteiger partial charge on any atom is -0.425 e. The van der Waals surface area contributed by atoms with Gasteiger partial charge in [-0.05, 0) is 18.0 Å². The molecule has 122 valence electrons. The molecule has 0 spiro atoms. The Kier molecular flexibility index (Phi) is 12.0. The first-order chi connectivity index (χ1) is 9.99. The maximum atomic E-state index is 11.6. The van der Waals surface area contributed by atoms with E-state index in [-0.39, 0.29) is 18.8 Å². The van der Waals surface area contributed by atoms with Crippen LogP contribution < -0.4 is 0 Å². The summed E-state index contributed by atoms with van der Waals surface area (Å²) in [5.41, 5.74) is 0. The molecule has 0 bridgehead atoms. The van der Waals surface area contributed by atoms with Crippen molar-refractivity contribution < 1.29 is 23.9 Å². The Morgan fingerprint density at radius 2 is 1.43 bits per heavy atom. The molecule has 0 aromatic heterocycles. The Bertz CT molecular complexity index is 330. The first kappa shape index (κ1) is 19.9. The van der Waals surface area contributed by atoms with Gasteiger partial charge in [-0.15, -0.1) is 0 Å². The third-order valence-corrected chi connectivity index (χ3v) is 3.06. The maximum Gasteiger partial charge on any atom is 0.309 e. The minimum absolute atomic E-state index is 0.0812. The highest BCUT2D eigenvalue weighted by atomic mass is 35.5. The van der Waals surface area contributed by atoms with E-state index in [1.807, 2.05) is 0 Å². The summed E-state index contributed by atoms with van der Waals surface area (Å²) in [6.45, 7) is 3.88. The summed E-state index contributed by atoms with van der Waals surface area (Å²) >= 11 is 5.14. The second-order valence-corrected chi connectivity index (χ2v) is 5.26. The molecular weight excluding hydrogens is 296 g/mol. The lowest BCUT2D eigenvalue weighted by atomic mass is 10.1. The molecule has 0 fully saturated rings. The van der Waals surface area contributed by atoms with E-state index in [2.05, 4.69) is 6.92 Å². The smallest absolute Gasteiger partial charge is 0.309 e. The quantitative estimate of drug-likeness (QED) is 0.237. The van der Waals surface area contributed by atoms with Gasteiger partial charge in [0.05, 0.1) is 6.42 Å². The van der Waals surface area contributed by atoms with Crippen molar-refractivity contribution in [3.05, 3.63) is 0 Å². The molecule has 0 aliphatic heterocycles. The van der Waals surface area contributed by atoms with Gasteiger partial charge in [-0.3, -0.25) is 14.4 Å². The Balaban J connectivity index is 3.88. The van der Waals surface area contributed by atoms with Crippen molar-refractivity contribution in [3.63, 3.8) is 0 Å². The molecular formula is C15H25ClO5. The number of rotatable bonds is 12. The monoisotopic (exact) mass is 320 g/mol. The zero-order valence-electron chi connectivity index (χ0n) is 12.9. The van der Waals surface area contributed by atoms with Gasteiger partial charge in [0.2, 0.25) is 11.5 Å². The third kappa shape index (κ3) is 12.4. The van der Waals surface area contributed by atoms with Crippen LogP contribution in [0, 0.1) is 0 Å². The van der Waals surface area contributed by atoms with Gasteiger partial charge in [0.15, 0.2) is 0 Å². The second-order valence-electron chi connectivity index (χ2n) is 4.84. The zero-order chi connectivity index (χ0) is 16.1. The van der Waals surface area contributed by atoms with E-state index in [9.17, 15) is 14.4 Å². The first-order valence-corrected chi connectivity index (χ1v) is 7.94. The van der Waals surface area contributed by atoms with Crippen LogP contribution in [-0.2, 0) is 23.9 Å². The molecule has 0 heterocycles. The molecule has 0 aliphatic rings. The number of carbonyl (C=O) groups excluding carboxylic acids is 3. The fourth-order valence-corrected chi connectivity index (χ4v) is 1.77. The van der Waals surface area contributed by atoms with Crippen molar-refractivity contribution in [1.29, 1.82) is 0 Å². The highest BCUT2D eigenvalue weighted by Gasteiger charge is 2.17. The van der Waals surface area contributed by atoms with Gasteiger partial charge in [-0.1, -0.05) is 39.5 Å². The number of unbranched alkanes of at least 4 members (excludes halogenated alkanes) is 4. The lowest BCUT2D eigenvalue weighted by molar-refractivity contribution is -0.188. The maximum absolute atomic E-state index is 11.6. The molecule has 5 nitrogen and oxygen atoms in total. The summed E-state index contributed by atoms with van der Waals surface area (Å²) in [5.74, 6) is -0.953. The number of hydrogen-bond donors (Lipinski definition) is 0. The van der Waals surface area contributed by atoms with E-state index in [1.165, 1.54) is 6.42 Å². The van der Waals surface area contributed by atoms with Gasteiger partial charge >= 0.3 is 11.9 Å². The van der Waals surface area contributed by atoms with E-state index in [0.717, 1.165) is 25.7 Å². The Hall–Kier alpha value is -1.10. The van der Waals surface area contributed by atoms with Crippen LogP contribution in [0.25, 0.3) is 0 Å². The minimum atomic E-state index is -0.883. The molecule has 1 unspecified atom stereocenters. The number of ether oxygens (including phenoxy) is 2. The summed E-state index contributed by atoms with van der Waals surface area (Å²) in [5, 5.41) is -0.593. The van der Waals surface area contributed by atoms with Crippen molar-refractivity contribution in [2.24, 2.45) is 0 Å². The normalized spacial score (nSPS) is 11.8. The van der Waals surface area contributed by atoms with Crippen molar-refractivity contribution in [2.45, 2.75) is 77.9 Å². The Morgan fingerprint density at radius 1 is 0.857 bits per heavy atom. The molecule has 0 amide bonds. The van der Waals surface area contributed by atoms with Crippen LogP contribution in [-0.4, -0.2) is 23.5 Å². The largest absolute Gasteiger partial charge is 0.425 e. The standard InChI is InChI=1S/C15H25ClO5/c1-3-5-6-7-8-9-13(18)20-15(4-2)21-14(19)11-10-12(16)17/h15H,3-11H2,1-2H3. The van der Waals surface area contributed by atoms with Crippen molar-refractivity contribution in [1.82, 2.24) is 0 Å². The lowest BCUT2D eigenvalue weighted by Gasteiger charge is -2.16. The van der Waals surface area contributed by atoms with Gasteiger partial charge in [-0.2, -0.15) is 0 Å². The van der Waals surface area contributed by atoms with E-state index in [0.29, 0.717) is 12.8 Å². The van der Waals surface area contributed by atoms with Crippen LogP contribution in [0.3, 0.4) is 0 Å². The van der Waals surface area contributed by atoms with Crippen molar-refractivity contribution in [3.8, 4) is 0 Å². The van der Waals surface area contributed by atoms with Crippen LogP contribution in [0.5, 0.6) is 0 Å². The molecule has 0 saturated carbocycles. The molecule has 1 atom stereocenters. The molecule has 0 aromatic rings. The van der Waals surface area contributed by atoms with E-state index in [1.54, 1.807) is 6.92 Å². The van der Waals surface area contributed by atoms with Crippen LogP contribution in [0.2, 0.25) is 0 Å². The molecule has 0 N–H and O–H groups in total. The number of halogens is 1. The Labute approximate surface area is 131 Å². The van der Waals surface area contributed by atoms with Crippen LogP contribution in [0.15, 0.2) is 0 Å². The fraction of sp³-hybridized carbons (Fsp3) is 0.800. The molecule has 0 radical (unpaired) electrons. The average molecular weight is 321 g/mol. The molecule has 0 aliphatic carbocycles. The third-order valence-electron chi connectivity index (χ3n) is 2.87. The average Bonchev–Trinajstić information content (AvgIpc) is 2.44. The highest BCUT2D eigenvalue weighted by Crippen LogP contribution is 2.09. The molecule has 0 aromatic carbocycles. The Morgan fingerprint density at radius 3 is 1.95 bits per heavy atom. The SMILES string of the molecule is CCCCCCCC(=O)OC(CC)OC(=O)CCC(=O)Cl. The zero-order valence-corrected chi connectivity index (χ0v) is 13.6. The fourth-order valence-electron chi connectivity index (χ4n) is 1.68. The predicted octanol–water partition coefficient (Wildman–Crippen LogP) is 3.72. The molecule has 0 saturated heterocycles. The van der Waals surface area contributed by atoms with E-state index < -0.39 is 17.5 Å². The summed E-state index contributed by atoms with van der Waals surface area (Å²) in [6.07, 6.45) is 4.86. The van der Waals surface area contributed by atoms with Gasteiger partial charge < -0.3 is 9.47 Å². The predicted molar refractivity (Wildman–Crippen MR) is 79.7 cm³/mol. The summed E-state index contributed by atoms with van der Waals surface area (Å²) in [4.78, 5) is 33.6. The topological polar surface area (TPSA) is 69.7 Å². The second kappa shape index (κ2) is 12.6. The summed E-state index contributed by atoms with van der Waals surface area (Å²) in [6, 6.07) is 0.